The van der Waals surface area contributed by atoms with Gasteiger partial charge in [0.1, 0.15) is 0 Å². The first kappa shape index (κ1) is 17.5. The highest BCUT2D eigenvalue weighted by Crippen LogP contribution is 2.31. The molecule has 0 saturated carbocycles. The zero-order valence-electron chi connectivity index (χ0n) is 15.5. The fourth-order valence-electron chi connectivity index (χ4n) is 3.87. The fraction of sp³-hybridized carbons (Fsp3) is 0.611. The smallest absolute Gasteiger partial charge is 0.318 e. The van der Waals surface area contributed by atoms with E-state index >= 15 is 0 Å². The Hall–Kier alpha value is -2.31. The zero-order chi connectivity index (χ0) is 18.0. The standard InChI is InChI=1S/C18H28N6O/c1-5-15(17-12(2)22-23(4)13(17)3)21-18(25)24-9-7-6-8-16(24)14-10-19-20-11-14/h10-11,15-16H,5-9H2,1-4H3,(H,19,20)(H,21,25)/t15-,16+/m1/s1. The van der Waals surface area contributed by atoms with Crippen LogP contribution in [0.25, 0.3) is 0 Å². The van der Waals surface area contributed by atoms with Gasteiger partial charge in [0.2, 0.25) is 0 Å². The molecule has 7 nitrogen and oxygen atoms in total. The molecule has 7 heteroatoms. The maximum atomic E-state index is 13.0. The second kappa shape index (κ2) is 7.29. The zero-order valence-corrected chi connectivity index (χ0v) is 15.5. The van der Waals surface area contributed by atoms with Crippen molar-refractivity contribution in [1.82, 2.24) is 30.2 Å². The van der Waals surface area contributed by atoms with Crippen molar-refractivity contribution >= 4 is 6.03 Å². The van der Waals surface area contributed by atoms with Gasteiger partial charge in [-0.3, -0.25) is 9.78 Å². The van der Waals surface area contributed by atoms with E-state index in [9.17, 15) is 4.79 Å². The molecule has 0 aromatic carbocycles. The van der Waals surface area contributed by atoms with Gasteiger partial charge in [-0.25, -0.2) is 4.79 Å². The van der Waals surface area contributed by atoms with Gasteiger partial charge in [0.05, 0.1) is 24.0 Å². The number of piperidine rings is 1. The van der Waals surface area contributed by atoms with E-state index in [0.717, 1.165) is 54.7 Å². The summed E-state index contributed by atoms with van der Waals surface area (Å²) < 4.78 is 1.88. The highest BCUT2D eigenvalue weighted by molar-refractivity contribution is 5.75. The Balaban J connectivity index is 1.79. The summed E-state index contributed by atoms with van der Waals surface area (Å²) in [6.07, 6.45) is 7.71. The molecule has 3 rings (SSSR count). The molecule has 25 heavy (non-hydrogen) atoms. The van der Waals surface area contributed by atoms with Crippen LogP contribution in [-0.2, 0) is 7.05 Å². The van der Waals surface area contributed by atoms with Crippen LogP contribution in [0.2, 0.25) is 0 Å². The lowest BCUT2D eigenvalue weighted by Crippen LogP contribution is -2.45. The number of hydrogen-bond acceptors (Lipinski definition) is 3. The van der Waals surface area contributed by atoms with Crippen LogP contribution < -0.4 is 5.32 Å². The molecule has 0 radical (unpaired) electrons. The number of carbonyl (C=O) groups is 1. The van der Waals surface area contributed by atoms with Crippen LogP contribution in [-0.4, -0.2) is 37.5 Å². The largest absolute Gasteiger partial charge is 0.331 e. The van der Waals surface area contributed by atoms with Crippen LogP contribution in [0.3, 0.4) is 0 Å². The van der Waals surface area contributed by atoms with Crippen molar-refractivity contribution in [3.05, 3.63) is 34.9 Å². The Bertz CT molecular complexity index is 720. The molecule has 0 unspecified atom stereocenters. The number of aromatic amines is 1. The van der Waals surface area contributed by atoms with Crippen molar-refractivity contribution in [2.24, 2.45) is 7.05 Å². The quantitative estimate of drug-likeness (QED) is 0.894. The minimum Gasteiger partial charge on any atom is -0.331 e. The van der Waals surface area contributed by atoms with Crippen molar-refractivity contribution < 1.29 is 4.79 Å². The minimum absolute atomic E-state index is 0.000373. The summed E-state index contributed by atoms with van der Waals surface area (Å²) in [6.45, 7) is 6.94. The van der Waals surface area contributed by atoms with Crippen molar-refractivity contribution in [3.63, 3.8) is 0 Å². The van der Waals surface area contributed by atoms with Gasteiger partial charge in [0.25, 0.3) is 0 Å². The number of carbonyl (C=O) groups excluding carboxylic acids is 1. The maximum absolute atomic E-state index is 13.0. The Morgan fingerprint density at radius 1 is 1.44 bits per heavy atom. The van der Waals surface area contributed by atoms with E-state index < -0.39 is 0 Å². The van der Waals surface area contributed by atoms with Crippen molar-refractivity contribution in [2.45, 2.75) is 58.5 Å². The van der Waals surface area contributed by atoms with Gasteiger partial charge in [-0.2, -0.15) is 10.2 Å². The SMILES string of the molecule is CC[C@@H](NC(=O)N1CCCC[C@H]1c1cn[nH]c1)c1c(C)nn(C)c1C. The number of H-pyrrole nitrogens is 1. The number of aryl methyl sites for hydroxylation is 2. The van der Waals surface area contributed by atoms with Crippen LogP contribution in [0.5, 0.6) is 0 Å². The third-order valence-electron chi connectivity index (χ3n) is 5.29. The third kappa shape index (κ3) is 3.41. The molecule has 1 aliphatic rings. The Labute approximate surface area is 148 Å². The van der Waals surface area contributed by atoms with E-state index in [0.29, 0.717) is 0 Å². The molecule has 2 amide bonds. The average molecular weight is 344 g/mol. The van der Waals surface area contributed by atoms with Crippen molar-refractivity contribution in [1.29, 1.82) is 0 Å². The number of likely N-dealkylation sites (tertiary alicyclic amines) is 1. The van der Waals surface area contributed by atoms with E-state index in [1.807, 2.05) is 35.9 Å². The average Bonchev–Trinajstić information content (AvgIpc) is 3.22. The lowest BCUT2D eigenvalue weighted by Gasteiger charge is -2.36. The van der Waals surface area contributed by atoms with Crippen LogP contribution >= 0.6 is 0 Å². The van der Waals surface area contributed by atoms with Crippen molar-refractivity contribution in [3.8, 4) is 0 Å². The van der Waals surface area contributed by atoms with Crippen LogP contribution in [0.1, 0.15) is 67.2 Å². The summed E-state index contributed by atoms with van der Waals surface area (Å²) in [5.74, 6) is 0. The number of urea groups is 1. The number of rotatable bonds is 4. The Morgan fingerprint density at radius 3 is 2.84 bits per heavy atom. The molecule has 1 aliphatic heterocycles. The van der Waals surface area contributed by atoms with Crippen LogP contribution in [0.15, 0.2) is 12.4 Å². The molecular weight excluding hydrogens is 316 g/mol. The molecule has 1 saturated heterocycles. The van der Waals surface area contributed by atoms with Gasteiger partial charge >= 0.3 is 6.03 Å². The fourth-order valence-corrected chi connectivity index (χ4v) is 3.87. The number of aromatic nitrogens is 4. The van der Waals surface area contributed by atoms with Gasteiger partial charge in [-0.1, -0.05) is 6.92 Å². The molecule has 2 aromatic heterocycles. The Kier molecular flexibility index (Phi) is 5.11. The van der Waals surface area contributed by atoms with Gasteiger partial charge in [-0.15, -0.1) is 0 Å². The predicted octanol–water partition coefficient (Wildman–Crippen LogP) is 3.15. The Morgan fingerprint density at radius 2 is 2.24 bits per heavy atom. The van der Waals surface area contributed by atoms with Crippen LogP contribution in [0, 0.1) is 13.8 Å². The predicted molar refractivity (Wildman–Crippen MR) is 96.1 cm³/mol. The molecule has 2 atom stereocenters. The van der Waals surface area contributed by atoms with E-state index in [-0.39, 0.29) is 18.1 Å². The van der Waals surface area contributed by atoms with Gasteiger partial charge < -0.3 is 10.2 Å². The van der Waals surface area contributed by atoms with E-state index in [2.05, 4.69) is 34.5 Å². The summed E-state index contributed by atoms with van der Waals surface area (Å²) in [5.41, 5.74) is 4.30. The second-order valence-electron chi connectivity index (χ2n) is 6.86. The first-order chi connectivity index (χ1) is 12.0. The minimum atomic E-state index is -0.0203. The summed E-state index contributed by atoms with van der Waals surface area (Å²) in [4.78, 5) is 15.0. The van der Waals surface area contributed by atoms with Crippen molar-refractivity contribution in [2.75, 3.05) is 6.54 Å². The summed E-state index contributed by atoms with van der Waals surface area (Å²) in [6, 6.07) is 0.0784. The topological polar surface area (TPSA) is 78.8 Å². The number of amides is 2. The lowest BCUT2D eigenvalue weighted by molar-refractivity contribution is 0.148. The highest BCUT2D eigenvalue weighted by Gasteiger charge is 2.30. The highest BCUT2D eigenvalue weighted by atomic mass is 16.2. The molecular formula is C18H28N6O. The molecule has 0 aliphatic carbocycles. The number of nitrogens with zero attached hydrogens (tertiary/aromatic N) is 4. The molecule has 0 spiro atoms. The normalized spacial score (nSPS) is 19.0. The molecule has 0 bridgehead atoms. The molecule has 1 fully saturated rings. The molecule has 3 heterocycles. The van der Waals surface area contributed by atoms with Gasteiger partial charge in [0, 0.05) is 36.6 Å². The molecule has 2 N–H and O–H groups in total. The first-order valence-electron chi connectivity index (χ1n) is 9.08. The van der Waals surface area contributed by atoms with Crippen LogP contribution in [0.4, 0.5) is 4.79 Å². The summed E-state index contributed by atoms with van der Waals surface area (Å²) in [5, 5.41) is 14.6. The maximum Gasteiger partial charge on any atom is 0.318 e. The number of hydrogen-bond donors (Lipinski definition) is 2. The monoisotopic (exact) mass is 344 g/mol. The number of nitrogens with one attached hydrogen (secondary N) is 2. The van der Waals surface area contributed by atoms with Gasteiger partial charge in [-0.05, 0) is 39.5 Å². The van der Waals surface area contributed by atoms with E-state index in [4.69, 9.17) is 0 Å². The molecule has 136 valence electrons. The third-order valence-corrected chi connectivity index (χ3v) is 5.29. The van der Waals surface area contributed by atoms with E-state index in [1.54, 1.807) is 0 Å². The second-order valence-corrected chi connectivity index (χ2v) is 6.86. The lowest BCUT2D eigenvalue weighted by atomic mass is 9.97. The van der Waals surface area contributed by atoms with E-state index in [1.165, 1.54) is 0 Å². The summed E-state index contributed by atoms with van der Waals surface area (Å²) in [7, 11) is 1.94. The first-order valence-corrected chi connectivity index (χ1v) is 9.08. The molecule has 2 aromatic rings. The van der Waals surface area contributed by atoms with Gasteiger partial charge in [0.15, 0.2) is 0 Å². The summed E-state index contributed by atoms with van der Waals surface area (Å²) >= 11 is 0.